The van der Waals surface area contributed by atoms with Crippen molar-refractivity contribution in [3.05, 3.63) is 29.8 Å². The van der Waals surface area contributed by atoms with Gasteiger partial charge < -0.3 is 10.0 Å². The fourth-order valence-electron chi connectivity index (χ4n) is 4.01. The molecule has 0 bridgehead atoms. The third kappa shape index (κ3) is 3.08. The predicted molar refractivity (Wildman–Crippen MR) is 81.7 cm³/mol. The van der Waals surface area contributed by atoms with Crippen LogP contribution in [0.1, 0.15) is 44.1 Å². The largest absolute Gasteiger partial charge is 0.488 e. The second kappa shape index (κ2) is 6.29. The molecule has 1 aromatic carbocycles. The summed E-state index contributed by atoms with van der Waals surface area (Å²) < 4.78 is 0. The van der Waals surface area contributed by atoms with Crippen LogP contribution in [0.4, 0.5) is 0 Å². The molecule has 2 aliphatic rings. The second-order valence-electron chi connectivity index (χ2n) is 6.34. The standard InChI is InChI=1S/C16H24BNO2/c19-17(20)15-8-3-5-13(11-15)12-18-10-4-9-16(18)14-6-1-2-7-14/h3,5,8,11,14,16,19-20H,1-2,4,6-7,9-10,12H2. The number of nitrogens with zero attached hydrogens (tertiary/aromatic N) is 1. The molecule has 4 heteroatoms. The first kappa shape index (κ1) is 14.1. The van der Waals surface area contributed by atoms with Crippen LogP contribution in [-0.4, -0.2) is 34.7 Å². The maximum absolute atomic E-state index is 9.28. The van der Waals surface area contributed by atoms with Crippen LogP contribution in [0.15, 0.2) is 24.3 Å². The molecule has 1 atom stereocenters. The molecule has 1 unspecified atom stereocenters. The molecule has 1 aromatic rings. The van der Waals surface area contributed by atoms with E-state index in [0.717, 1.165) is 18.5 Å². The molecule has 1 saturated heterocycles. The lowest BCUT2D eigenvalue weighted by Gasteiger charge is -2.29. The van der Waals surface area contributed by atoms with Gasteiger partial charge in [-0.1, -0.05) is 37.1 Å². The van der Waals surface area contributed by atoms with Crippen molar-refractivity contribution in [2.45, 2.75) is 51.1 Å². The fraction of sp³-hybridized carbons (Fsp3) is 0.625. The monoisotopic (exact) mass is 273 g/mol. The van der Waals surface area contributed by atoms with E-state index in [1.165, 1.54) is 50.6 Å². The minimum Gasteiger partial charge on any atom is -0.423 e. The van der Waals surface area contributed by atoms with Crippen LogP contribution < -0.4 is 5.46 Å². The maximum atomic E-state index is 9.28. The van der Waals surface area contributed by atoms with Crippen LogP contribution in [-0.2, 0) is 6.54 Å². The molecule has 3 nitrogen and oxygen atoms in total. The topological polar surface area (TPSA) is 43.7 Å². The zero-order chi connectivity index (χ0) is 13.9. The van der Waals surface area contributed by atoms with Crippen molar-refractivity contribution in [2.24, 2.45) is 5.92 Å². The second-order valence-corrected chi connectivity index (χ2v) is 6.34. The molecule has 1 aliphatic carbocycles. The number of hydrogen-bond donors (Lipinski definition) is 2. The third-order valence-corrected chi connectivity index (χ3v) is 4.99. The lowest BCUT2D eigenvalue weighted by Crippen LogP contribution is -2.35. The summed E-state index contributed by atoms with van der Waals surface area (Å²) in [5.74, 6) is 0.893. The van der Waals surface area contributed by atoms with Gasteiger partial charge in [0.1, 0.15) is 0 Å². The molecule has 0 spiro atoms. The Hall–Kier alpha value is -0.835. The van der Waals surface area contributed by atoms with Crippen molar-refractivity contribution in [1.29, 1.82) is 0 Å². The molecular formula is C16H24BNO2. The first-order chi connectivity index (χ1) is 9.74. The lowest BCUT2D eigenvalue weighted by atomic mass is 9.79. The van der Waals surface area contributed by atoms with Gasteiger partial charge in [0.05, 0.1) is 0 Å². The average Bonchev–Trinajstić information content (AvgIpc) is 3.09. The molecular weight excluding hydrogens is 249 g/mol. The van der Waals surface area contributed by atoms with Crippen molar-refractivity contribution < 1.29 is 10.0 Å². The Labute approximate surface area is 121 Å². The zero-order valence-corrected chi connectivity index (χ0v) is 12.0. The van der Waals surface area contributed by atoms with Crippen LogP contribution in [0.25, 0.3) is 0 Å². The summed E-state index contributed by atoms with van der Waals surface area (Å²) in [5.41, 5.74) is 1.79. The molecule has 0 radical (unpaired) electrons. The van der Waals surface area contributed by atoms with E-state index in [4.69, 9.17) is 0 Å². The highest BCUT2D eigenvalue weighted by atomic mass is 16.4. The van der Waals surface area contributed by atoms with Gasteiger partial charge in [0, 0.05) is 12.6 Å². The van der Waals surface area contributed by atoms with E-state index < -0.39 is 7.12 Å². The van der Waals surface area contributed by atoms with Gasteiger partial charge >= 0.3 is 7.12 Å². The minimum absolute atomic E-state index is 0.596. The summed E-state index contributed by atoms with van der Waals surface area (Å²) >= 11 is 0. The summed E-state index contributed by atoms with van der Waals surface area (Å²) in [6, 6.07) is 8.46. The molecule has 3 rings (SSSR count). The van der Waals surface area contributed by atoms with Crippen LogP contribution in [0.2, 0.25) is 0 Å². The highest BCUT2D eigenvalue weighted by Gasteiger charge is 2.33. The van der Waals surface area contributed by atoms with Crippen molar-refractivity contribution in [1.82, 2.24) is 4.90 Å². The molecule has 1 saturated carbocycles. The van der Waals surface area contributed by atoms with Crippen LogP contribution >= 0.6 is 0 Å². The highest BCUT2D eigenvalue weighted by molar-refractivity contribution is 6.58. The van der Waals surface area contributed by atoms with E-state index in [1.54, 1.807) is 6.07 Å². The molecule has 0 aromatic heterocycles. The smallest absolute Gasteiger partial charge is 0.423 e. The minimum atomic E-state index is -1.36. The SMILES string of the molecule is OB(O)c1cccc(CN2CCCC2C2CCCC2)c1. The number of hydrogen-bond acceptors (Lipinski definition) is 3. The van der Waals surface area contributed by atoms with Gasteiger partial charge in [0.15, 0.2) is 0 Å². The Morgan fingerprint density at radius 2 is 1.90 bits per heavy atom. The molecule has 20 heavy (non-hydrogen) atoms. The summed E-state index contributed by atoms with van der Waals surface area (Å²) in [6.07, 6.45) is 8.26. The van der Waals surface area contributed by atoms with Gasteiger partial charge in [-0.25, -0.2) is 0 Å². The van der Waals surface area contributed by atoms with Crippen molar-refractivity contribution in [3.63, 3.8) is 0 Å². The van der Waals surface area contributed by atoms with E-state index in [2.05, 4.69) is 11.0 Å². The number of likely N-dealkylation sites (tertiary alicyclic amines) is 1. The van der Waals surface area contributed by atoms with Gasteiger partial charge in [-0.05, 0) is 49.2 Å². The van der Waals surface area contributed by atoms with Crippen LogP contribution in [0, 0.1) is 5.92 Å². The van der Waals surface area contributed by atoms with Gasteiger partial charge in [0.25, 0.3) is 0 Å². The molecule has 1 aliphatic heterocycles. The summed E-state index contributed by atoms with van der Waals surface area (Å²) in [6.45, 7) is 2.13. The quantitative estimate of drug-likeness (QED) is 0.817. The van der Waals surface area contributed by atoms with Crippen LogP contribution in [0.3, 0.4) is 0 Å². The Kier molecular flexibility index (Phi) is 4.44. The van der Waals surface area contributed by atoms with E-state index in [0.29, 0.717) is 5.46 Å². The third-order valence-electron chi connectivity index (χ3n) is 4.99. The summed E-state index contributed by atoms with van der Waals surface area (Å²) in [7, 11) is -1.36. The van der Waals surface area contributed by atoms with E-state index in [1.807, 2.05) is 12.1 Å². The van der Waals surface area contributed by atoms with E-state index in [9.17, 15) is 10.0 Å². The first-order valence-electron chi connectivity index (χ1n) is 7.93. The Balaban J connectivity index is 1.68. The van der Waals surface area contributed by atoms with Gasteiger partial charge in [-0.2, -0.15) is 0 Å². The highest BCUT2D eigenvalue weighted by Crippen LogP contribution is 2.35. The number of rotatable bonds is 4. The fourth-order valence-corrected chi connectivity index (χ4v) is 4.01. The number of benzene rings is 1. The first-order valence-corrected chi connectivity index (χ1v) is 7.93. The van der Waals surface area contributed by atoms with Crippen molar-refractivity contribution >= 4 is 12.6 Å². The van der Waals surface area contributed by atoms with Gasteiger partial charge in [-0.15, -0.1) is 0 Å². The Morgan fingerprint density at radius 3 is 2.65 bits per heavy atom. The molecule has 2 N–H and O–H groups in total. The summed E-state index contributed by atoms with van der Waals surface area (Å²) in [5, 5.41) is 18.6. The van der Waals surface area contributed by atoms with Crippen molar-refractivity contribution in [2.75, 3.05) is 6.54 Å². The normalized spacial score (nSPS) is 24.4. The molecule has 2 fully saturated rings. The van der Waals surface area contributed by atoms with Gasteiger partial charge in [0.2, 0.25) is 0 Å². The summed E-state index contributed by atoms with van der Waals surface area (Å²) in [4.78, 5) is 2.61. The average molecular weight is 273 g/mol. The molecule has 108 valence electrons. The van der Waals surface area contributed by atoms with E-state index in [-0.39, 0.29) is 0 Å². The lowest BCUT2D eigenvalue weighted by molar-refractivity contribution is 0.183. The Morgan fingerprint density at radius 1 is 1.10 bits per heavy atom. The molecule has 0 amide bonds. The Bertz CT molecular complexity index is 446. The van der Waals surface area contributed by atoms with E-state index >= 15 is 0 Å². The maximum Gasteiger partial charge on any atom is 0.488 e. The molecule has 1 heterocycles. The zero-order valence-electron chi connectivity index (χ0n) is 12.0. The predicted octanol–water partition coefficient (Wildman–Crippen LogP) is 1.52. The van der Waals surface area contributed by atoms with Crippen molar-refractivity contribution in [3.8, 4) is 0 Å². The van der Waals surface area contributed by atoms with Crippen LogP contribution in [0.5, 0.6) is 0 Å². The van der Waals surface area contributed by atoms with Gasteiger partial charge in [-0.3, -0.25) is 4.90 Å².